The maximum absolute atomic E-state index is 13.5. The number of nitrogens with one attached hydrogen (secondary N) is 2. The van der Waals surface area contributed by atoms with Gasteiger partial charge in [0.15, 0.2) is 0 Å². The van der Waals surface area contributed by atoms with Crippen molar-refractivity contribution in [1.82, 2.24) is 20.2 Å². The lowest BCUT2D eigenvalue weighted by Crippen LogP contribution is -2.33. The quantitative estimate of drug-likeness (QED) is 0.0412. The highest BCUT2D eigenvalue weighted by Crippen LogP contribution is 2.51. The molecule has 368 valence electrons. The Morgan fingerprint density at radius 1 is 0.676 bits per heavy atom. The molecule has 0 aromatic heterocycles. The first-order valence-corrected chi connectivity index (χ1v) is 26.5. The lowest BCUT2D eigenvalue weighted by molar-refractivity contribution is -0.0140. The summed E-state index contributed by atoms with van der Waals surface area (Å²) in [4.78, 5) is 24.2. The van der Waals surface area contributed by atoms with Crippen LogP contribution in [0.25, 0.3) is 0 Å². The minimum atomic E-state index is -3.38. The van der Waals surface area contributed by atoms with Gasteiger partial charge in [-0.15, -0.1) is 5.10 Å². The SMILES string of the molecule is CCOC(C)(C)c1ccc(/C=N/N(C)[P+](=O)C(CC)Oc2ccc(/C=N/N(C)P(=S)(Oc3ccc(CCNC(=O)OC(C)(C)C)cc3)Oc3ccc(CCNC(=O)OC(C)(C)C)cc3)cc2)cc1. The van der Waals surface area contributed by atoms with E-state index in [9.17, 15) is 14.2 Å². The second kappa shape index (κ2) is 25.2. The lowest BCUT2D eigenvalue weighted by Gasteiger charge is -2.29. The van der Waals surface area contributed by atoms with E-state index < -0.39 is 49.4 Å². The molecule has 0 radical (unpaired) electrons. The number of hydrogen-bond donors (Lipinski definition) is 2. The molecule has 0 saturated heterocycles. The third-order valence-corrected chi connectivity index (χ3v) is 14.2. The number of benzene rings is 4. The number of carbonyl (C=O) groups excluding carboxylic acids is 2. The van der Waals surface area contributed by atoms with Crippen LogP contribution in [0.3, 0.4) is 0 Å². The number of hydrazone groups is 2. The second-order valence-corrected chi connectivity index (χ2v) is 23.2. The van der Waals surface area contributed by atoms with Gasteiger partial charge >= 0.3 is 32.6 Å². The molecule has 4 aromatic carbocycles. The number of hydrogen-bond acceptors (Lipinski definition) is 12. The molecule has 68 heavy (non-hydrogen) atoms. The molecule has 0 aliphatic rings. The molecule has 2 atom stereocenters. The molecule has 0 bridgehead atoms. The van der Waals surface area contributed by atoms with Crippen LogP contribution in [0.1, 0.15) is 103 Å². The Kier molecular flexibility index (Phi) is 20.4. The normalized spacial score (nSPS) is 12.9. The van der Waals surface area contributed by atoms with Crippen LogP contribution in [0.4, 0.5) is 9.59 Å². The molecule has 2 unspecified atom stereocenters. The number of nitrogens with zero attached hydrogens (tertiary/aromatic N) is 4. The van der Waals surface area contributed by atoms with Crippen LogP contribution >= 0.6 is 14.6 Å². The zero-order chi connectivity index (χ0) is 50.1. The van der Waals surface area contributed by atoms with E-state index in [1.165, 1.54) is 9.56 Å². The molecular formula is C50H69N6O9P2S+. The third-order valence-electron chi connectivity index (χ3n) is 9.70. The minimum Gasteiger partial charge on any atom is -0.445 e. The van der Waals surface area contributed by atoms with Gasteiger partial charge in [0.2, 0.25) is 0 Å². The summed E-state index contributed by atoms with van der Waals surface area (Å²) in [6.07, 6.45) is 4.02. The number of carbonyl (C=O) groups is 2. The molecule has 2 amide bonds. The van der Waals surface area contributed by atoms with Gasteiger partial charge in [0.05, 0.1) is 25.1 Å². The molecule has 0 saturated carbocycles. The van der Waals surface area contributed by atoms with Gasteiger partial charge in [0.1, 0.15) is 28.5 Å². The largest absolute Gasteiger partial charge is 0.523 e. The van der Waals surface area contributed by atoms with Gasteiger partial charge in [-0.05, 0) is 156 Å². The van der Waals surface area contributed by atoms with Crippen molar-refractivity contribution < 1.29 is 42.1 Å². The average molecular weight is 992 g/mol. The van der Waals surface area contributed by atoms with Crippen molar-refractivity contribution in [3.05, 3.63) is 125 Å². The van der Waals surface area contributed by atoms with Crippen LogP contribution in [-0.4, -0.2) is 85.0 Å². The summed E-state index contributed by atoms with van der Waals surface area (Å²) < 4.78 is 52.1. The predicted octanol–water partition coefficient (Wildman–Crippen LogP) is 11.6. The minimum absolute atomic E-state index is 0.394. The summed E-state index contributed by atoms with van der Waals surface area (Å²) in [7, 11) is 1.35. The second-order valence-electron chi connectivity index (χ2n) is 18.2. The zero-order valence-electron chi connectivity index (χ0n) is 41.5. The Hall–Kier alpha value is -5.53. The fraction of sp³-hybridized carbons (Fsp3) is 0.440. The van der Waals surface area contributed by atoms with Crippen LogP contribution in [0, 0.1) is 0 Å². The monoisotopic (exact) mass is 991 g/mol. The molecule has 0 aliphatic carbocycles. The van der Waals surface area contributed by atoms with Crippen LogP contribution in [0.5, 0.6) is 17.2 Å². The molecule has 4 aromatic rings. The summed E-state index contributed by atoms with van der Waals surface area (Å²) >= 11 is 6.14. The van der Waals surface area contributed by atoms with Gasteiger partial charge in [0.25, 0.3) is 0 Å². The molecule has 18 heteroatoms. The molecular weight excluding hydrogens is 923 g/mol. The van der Waals surface area contributed by atoms with Crippen molar-refractivity contribution in [2.24, 2.45) is 10.2 Å². The number of rotatable bonds is 23. The molecule has 0 spiro atoms. The van der Waals surface area contributed by atoms with Gasteiger partial charge in [-0.1, -0.05) is 60.2 Å². The van der Waals surface area contributed by atoms with Gasteiger partial charge < -0.3 is 38.6 Å². The fourth-order valence-corrected chi connectivity index (χ4v) is 9.09. The van der Waals surface area contributed by atoms with Gasteiger partial charge in [0, 0.05) is 45.0 Å². The van der Waals surface area contributed by atoms with E-state index in [0.29, 0.717) is 56.2 Å². The van der Waals surface area contributed by atoms with Crippen molar-refractivity contribution in [2.75, 3.05) is 33.8 Å². The number of ether oxygens (including phenoxy) is 4. The van der Waals surface area contributed by atoms with E-state index in [1.54, 1.807) is 62.9 Å². The van der Waals surface area contributed by atoms with Crippen molar-refractivity contribution in [2.45, 2.75) is 111 Å². The van der Waals surface area contributed by atoms with E-state index in [2.05, 4.69) is 20.8 Å². The first-order chi connectivity index (χ1) is 32.0. The Bertz CT molecular complexity index is 2270. The fourth-order valence-electron chi connectivity index (χ4n) is 6.17. The highest BCUT2D eigenvalue weighted by Gasteiger charge is 2.36. The summed E-state index contributed by atoms with van der Waals surface area (Å²) in [5.41, 5.74) is 3.04. The topological polar surface area (TPSA) is 162 Å². The summed E-state index contributed by atoms with van der Waals surface area (Å²) in [5.74, 6) is 0.877. The van der Waals surface area contributed by atoms with Crippen molar-refractivity contribution in [3.8, 4) is 17.2 Å². The zero-order valence-corrected chi connectivity index (χ0v) is 44.1. The van der Waals surface area contributed by atoms with Gasteiger partial charge in [-0.2, -0.15) is 5.10 Å². The summed E-state index contributed by atoms with van der Waals surface area (Å²) in [5, 5.41) is 14.7. The van der Waals surface area contributed by atoms with Crippen LogP contribution in [0.15, 0.2) is 107 Å². The summed E-state index contributed by atoms with van der Waals surface area (Å²) in [6.45, 7) is 16.9. The Morgan fingerprint density at radius 2 is 1.10 bits per heavy atom. The van der Waals surface area contributed by atoms with E-state index >= 15 is 0 Å². The smallest absolute Gasteiger partial charge is 0.445 e. The van der Waals surface area contributed by atoms with E-state index in [1.807, 2.05) is 130 Å². The molecule has 4 rings (SSSR count). The first-order valence-electron chi connectivity index (χ1n) is 22.6. The molecule has 15 nitrogen and oxygen atoms in total. The lowest BCUT2D eigenvalue weighted by atomic mass is 9.97. The van der Waals surface area contributed by atoms with E-state index in [0.717, 1.165) is 27.8 Å². The van der Waals surface area contributed by atoms with Gasteiger partial charge in [-0.25, -0.2) is 14.4 Å². The van der Waals surface area contributed by atoms with E-state index in [-0.39, 0.29) is 0 Å². The maximum atomic E-state index is 13.5. The predicted molar refractivity (Wildman–Crippen MR) is 275 cm³/mol. The van der Waals surface area contributed by atoms with Gasteiger partial charge in [-0.3, -0.25) is 0 Å². The number of alkyl carbamates (subject to hydrolysis) is 2. The highest BCUT2D eigenvalue weighted by atomic mass is 32.5. The molecule has 0 heterocycles. The van der Waals surface area contributed by atoms with Crippen molar-refractivity contribution >= 4 is 51.0 Å². The molecule has 2 N–H and O–H groups in total. The average Bonchev–Trinajstić information content (AvgIpc) is 3.26. The molecule has 0 fully saturated rings. The van der Waals surface area contributed by atoms with Crippen molar-refractivity contribution in [1.29, 1.82) is 0 Å². The van der Waals surface area contributed by atoms with Crippen molar-refractivity contribution in [3.63, 3.8) is 0 Å². The maximum Gasteiger partial charge on any atom is 0.523 e. The Morgan fingerprint density at radius 3 is 1.53 bits per heavy atom. The third kappa shape index (κ3) is 18.9. The number of amides is 2. The standard InChI is InChI=1S/C50H68N6O9P2S/c1-13-45(66(59)55(11)53-35-39-15-23-41(24-16-39)50(9,10)60-14-2)61-42-25-21-40(22-26-42)36-54-56(12)67(68,64-43-27-17-37(18-28-43)31-33-51-46(57)62-48(3,4)5)65-44-29-19-38(20-30-44)32-34-52-47(58)63-49(6,7)8/h15-30,35-36,45H,13-14,31-34H2,1-12H3,(H-,51,52,57,58)/p+1/b53-35+,54-36+. The van der Waals surface area contributed by atoms with E-state index in [4.69, 9.17) is 39.8 Å². The Labute approximate surface area is 409 Å². The van der Waals surface area contributed by atoms with Crippen LogP contribution in [0.2, 0.25) is 0 Å². The highest BCUT2D eigenvalue weighted by molar-refractivity contribution is 8.09. The molecule has 0 aliphatic heterocycles. The summed E-state index contributed by atoms with van der Waals surface area (Å²) in [6, 6.07) is 30.0. The first kappa shape index (κ1) is 55.1. The Balaban J connectivity index is 1.43. The van der Waals surface area contributed by atoms with Crippen LogP contribution in [-0.2, 0) is 49.0 Å². The van der Waals surface area contributed by atoms with Crippen LogP contribution < -0.4 is 24.4 Å².